The second kappa shape index (κ2) is 80.4. The van der Waals surface area contributed by atoms with E-state index in [-0.39, 0.29) is 37.7 Å². The quantitative estimate of drug-likeness (QED) is 0.0445. The van der Waals surface area contributed by atoms with Crippen LogP contribution in [0.15, 0.2) is 0 Å². The second-order valence-corrected chi connectivity index (χ2v) is 27.8. The van der Waals surface area contributed by atoms with Crippen LogP contribution in [0.3, 0.4) is 0 Å². The van der Waals surface area contributed by atoms with Gasteiger partial charge in [0.2, 0.25) is 0 Å². The Morgan fingerprint density at radius 1 is 0.207 bits per heavy atom. The molecule has 2 unspecified atom stereocenters. The first kappa shape index (κ1) is 91.3. The third kappa shape index (κ3) is 71.8. The molecule has 0 bridgehead atoms. The summed E-state index contributed by atoms with van der Waals surface area (Å²) in [4.78, 5) is 28.6. The maximum absolute atomic E-state index is 12.0. The second-order valence-electron chi connectivity index (χ2n) is 27.8. The molecule has 0 aliphatic carbocycles. The van der Waals surface area contributed by atoms with Crippen LogP contribution in [-0.2, 0) is 9.59 Å². The molecule has 0 saturated heterocycles. The number of hydrogen-bond acceptors (Lipinski definition) is 6. The number of aliphatic carboxylic acids is 2. The zero-order chi connectivity index (χ0) is 63.0. The van der Waals surface area contributed by atoms with Crippen LogP contribution in [0.25, 0.3) is 0 Å². The summed E-state index contributed by atoms with van der Waals surface area (Å²) in [5, 5.41) is 24.0. The molecule has 87 heavy (non-hydrogen) atoms. The summed E-state index contributed by atoms with van der Waals surface area (Å²) in [6.45, 7) is 17.2. The van der Waals surface area contributed by atoms with Crippen LogP contribution in [0.1, 0.15) is 465 Å². The summed E-state index contributed by atoms with van der Waals surface area (Å²) in [5.41, 5.74) is 0. The minimum Gasteiger partial charge on any atom is -0.548 e. The zero-order valence-corrected chi connectivity index (χ0v) is 63.1. The minimum atomic E-state index is -0.852. The monoisotopic (exact) mass is 1250 g/mol. The molecule has 0 aromatic rings. The molecule has 0 N–H and O–H groups in total. The standard InChI is InChI=1S/2C40H81NO2.Ca/c2*1-4-7-10-12-14-16-18-20-22-24-26-28-30-32-34-37-41(39(40(42)43)36-9-6-3)38-35-33-31-29-27-25-23-21-19-17-15-13-11-8-5-2;/h2*39H,4-38H2,1-3H3,(H,42,43);/q;;+2/p-2. The van der Waals surface area contributed by atoms with Crippen LogP contribution in [0.2, 0.25) is 0 Å². The van der Waals surface area contributed by atoms with Gasteiger partial charge < -0.3 is 19.8 Å². The van der Waals surface area contributed by atoms with Gasteiger partial charge in [-0.05, 0) is 64.7 Å². The Morgan fingerprint density at radius 3 is 0.437 bits per heavy atom. The number of unbranched alkanes of at least 4 members (excludes halogenated alkanes) is 58. The molecule has 6 nitrogen and oxygen atoms in total. The van der Waals surface area contributed by atoms with Gasteiger partial charge in [0.15, 0.2) is 0 Å². The van der Waals surface area contributed by atoms with E-state index in [4.69, 9.17) is 0 Å². The van der Waals surface area contributed by atoms with E-state index >= 15 is 0 Å². The van der Waals surface area contributed by atoms with Crippen LogP contribution >= 0.6 is 0 Å². The van der Waals surface area contributed by atoms with Crippen molar-refractivity contribution in [2.75, 3.05) is 26.2 Å². The van der Waals surface area contributed by atoms with E-state index in [1.54, 1.807) is 0 Å². The molecule has 0 fully saturated rings. The van der Waals surface area contributed by atoms with Gasteiger partial charge in [-0.25, -0.2) is 0 Å². The van der Waals surface area contributed by atoms with E-state index in [2.05, 4.69) is 51.3 Å². The molecule has 0 amide bonds. The van der Waals surface area contributed by atoms with Gasteiger partial charge in [0.1, 0.15) is 0 Å². The van der Waals surface area contributed by atoms with Crippen LogP contribution in [0, 0.1) is 0 Å². The van der Waals surface area contributed by atoms with Crippen LogP contribution in [0.4, 0.5) is 0 Å². The van der Waals surface area contributed by atoms with E-state index in [0.717, 1.165) is 90.4 Å². The molecule has 7 heteroatoms. The fourth-order valence-corrected chi connectivity index (χ4v) is 13.3. The number of carboxylic acid groups (broad SMARTS) is 2. The van der Waals surface area contributed by atoms with Gasteiger partial charge in [-0.15, -0.1) is 0 Å². The van der Waals surface area contributed by atoms with Crippen molar-refractivity contribution >= 4 is 49.7 Å². The molecule has 0 aliphatic heterocycles. The van der Waals surface area contributed by atoms with Crippen molar-refractivity contribution in [2.24, 2.45) is 0 Å². The van der Waals surface area contributed by atoms with Crippen molar-refractivity contribution in [3.05, 3.63) is 0 Å². The smallest absolute Gasteiger partial charge is 0.548 e. The Bertz CT molecular complexity index is 1110. The fourth-order valence-electron chi connectivity index (χ4n) is 13.3. The number of rotatable bonds is 74. The summed E-state index contributed by atoms with van der Waals surface area (Å²) >= 11 is 0. The van der Waals surface area contributed by atoms with Crippen LogP contribution < -0.4 is 10.2 Å². The van der Waals surface area contributed by atoms with E-state index < -0.39 is 24.0 Å². The number of nitrogens with zero attached hydrogens (tertiary/aromatic N) is 2. The minimum absolute atomic E-state index is 0. The Labute approximate surface area is 578 Å². The topological polar surface area (TPSA) is 86.7 Å². The Kier molecular flexibility index (Phi) is 84.3. The largest absolute Gasteiger partial charge is 2.00 e. The van der Waals surface area contributed by atoms with Crippen molar-refractivity contribution in [3.63, 3.8) is 0 Å². The summed E-state index contributed by atoms with van der Waals surface area (Å²) in [5.74, 6) is -1.70. The number of carboxylic acids is 2. The summed E-state index contributed by atoms with van der Waals surface area (Å²) in [7, 11) is 0. The van der Waals surface area contributed by atoms with Gasteiger partial charge in [-0.1, -0.05) is 427 Å². The molecular formula is C80H160CaN2O4. The van der Waals surface area contributed by atoms with Gasteiger partial charge in [0.05, 0.1) is 11.9 Å². The van der Waals surface area contributed by atoms with E-state index in [1.807, 2.05) is 0 Å². The number of carbonyl (C=O) groups is 2. The molecule has 0 spiro atoms. The molecule has 0 aliphatic rings. The van der Waals surface area contributed by atoms with Gasteiger partial charge in [-0.2, -0.15) is 0 Å². The van der Waals surface area contributed by atoms with Crippen molar-refractivity contribution in [3.8, 4) is 0 Å². The molecule has 0 rings (SSSR count). The first-order chi connectivity index (χ1) is 42.3. The Balaban J connectivity index is -0.00000160. The van der Waals surface area contributed by atoms with E-state index in [1.165, 1.54) is 360 Å². The molecule has 0 saturated carbocycles. The zero-order valence-electron chi connectivity index (χ0n) is 60.9. The third-order valence-electron chi connectivity index (χ3n) is 19.3. The summed E-state index contributed by atoms with van der Waals surface area (Å²) < 4.78 is 0. The summed E-state index contributed by atoms with van der Waals surface area (Å²) in [6, 6.07) is -0.781. The third-order valence-corrected chi connectivity index (χ3v) is 19.3. The molecule has 0 aromatic carbocycles. The van der Waals surface area contributed by atoms with Gasteiger partial charge in [0.25, 0.3) is 0 Å². The van der Waals surface area contributed by atoms with Crippen molar-refractivity contribution in [1.29, 1.82) is 0 Å². The fraction of sp³-hybridized carbons (Fsp3) is 0.975. The molecular weight excluding hydrogens is 1090 g/mol. The predicted octanol–water partition coefficient (Wildman–Crippen LogP) is 24.3. The average molecular weight is 1250 g/mol. The predicted molar refractivity (Wildman–Crippen MR) is 385 cm³/mol. The Hall–Kier alpha value is 0.120. The maximum Gasteiger partial charge on any atom is 2.00 e. The van der Waals surface area contributed by atoms with Crippen LogP contribution in [0.5, 0.6) is 0 Å². The molecule has 516 valence electrons. The van der Waals surface area contributed by atoms with Crippen molar-refractivity contribution < 1.29 is 19.8 Å². The molecule has 0 radical (unpaired) electrons. The summed E-state index contributed by atoms with van der Waals surface area (Å²) in [6.07, 6.45) is 87.7. The van der Waals surface area contributed by atoms with Gasteiger partial charge in [-0.3, -0.25) is 9.80 Å². The molecule has 0 heterocycles. The van der Waals surface area contributed by atoms with Crippen molar-refractivity contribution in [1.82, 2.24) is 9.80 Å². The van der Waals surface area contributed by atoms with Crippen LogP contribution in [-0.4, -0.2) is 97.7 Å². The molecule has 0 aromatic heterocycles. The average Bonchev–Trinajstić information content (AvgIpc) is 3.66. The maximum atomic E-state index is 12.0. The Morgan fingerprint density at radius 2 is 0.322 bits per heavy atom. The van der Waals surface area contributed by atoms with Gasteiger partial charge >= 0.3 is 37.7 Å². The number of carbonyl (C=O) groups excluding carboxylic acids is 2. The number of hydrogen-bond donors (Lipinski definition) is 0. The normalized spacial score (nSPS) is 12.2. The van der Waals surface area contributed by atoms with E-state index in [0.29, 0.717) is 0 Å². The molecule has 2 atom stereocenters. The first-order valence-corrected chi connectivity index (χ1v) is 40.2. The van der Waals surface area contributed by atoms with Crippen molar-refractivity contribution in [2.45, 2.75) is 477 Å². The SMILES string of the molecule is CCCCCCCCCCCCCCCCCN(CCCCCCCCCCCCCCCCC)C(CCCC)C(=O)[O-].CCCCCCCCCCCCCCCCCN(CCCCCCCCCCCCCCCCC)C(CCCC)C(=O)[O-].[Ca+2]. The van der Waals surface area contributed by atoms with E-state index in [9.17, 15) is 19.8 Å². The first-order valence-electron chi connectivity index (χ1n) is 40.2. The van der Waals surface area contributed by atoms with Gasteiger partial charge in [0, 0.05) is 12.1 Å².